The zero-order valence-corrected chi connectivity index (χ0v) is 16.2. The quantitative estimate of drug-likeness (QED) is 0.139. The zero-order chi connectivity index (χ0) is 19.0. The van der Waals surface area contributed by atoms with Crippen LogP contribution in [0, 0.1) is 29.1 Å². The van der Waals surface area contributed by atoms with E-state index in [1.54, 1.807) is 7.11 Å². The van der Waals surface area contributed by atoms with Gasteiger partial charge in [0.15, 0.2) is 31.6 Å². The van der Waals surface area contributed by atoms with Gasteiger partial charge in [0.2, 0.25) is 5.82 Å². The molecule has 0 aliphatic carbocycles. The summed E-state index contributed by atoms with van der Waals surface area (Å²) in [6, 6.07) is 1.13. The summed E-state index contributed by atoms with van der Waals surface area (Å²) in [6.07, 6.45) is 6.21. The van der Waals surface area contributed by atoms with Crippen LogP contribution in [0.15, 0.2) is 0 Å². The Hall–Kier alpha value is -0.953. The van der Waals surface area contributed by atoms with E-state index in [0.717, 1.165) is 38.1 Å². The second kappa shape index (κ2) is 10.3. The summed E-state index contributed by atoms with van der Waals surface area (Å²) in [4.78, 5) is 0. The molecule has 25 heavy (non-hydrogen) atoms. The van der Waals surface area contributed by atoms with Crippen molar-refractivity contribution in [2.75, 3.05) is 7.11 Å². The normalized spacial score (nSPS) is 12.0. The van der Waals surface area contributed by atoms with Crippen LogP contribution in [0.1, 0.15) is 50.5 Å². The minimum Gasteiger partial charge on any atom is -0.420 e. The third kappa shape index (κ3) is 6.70. The van der Waals surface area contributed by atoms with E-state index in [1.807, 2.05) is 0 Å². The molecule has 7 heteroatoms. The predicted molar refractivity (Wildman–Crippen MR) is 91.6 cm³/mol. The first-order valence-electron chi connectivity index (χ1n) is 8.76. The van der Waals surface area contributed by atoms with Crippen molar-refractivity contribution in [1.29, 1.82) is 0 Å². The van der Waals surface area contributed by atoms with Crippen LogP contribution in [0.3, 0.4) is 0 Å². The van der Waals surface area contributed by atoms with Crippen LogP contribution < -0.4 is 0 Å². The Labute approximate surface area is 147 Å². The van der Waals surface area contributed by atoms with Crippen LogP contribution in [0.25, 0.3) is 0 Å². The van der Waals surface area contributed by atoms with Gasteiger partial charge in [-0.3, -0.25) is 0 Å². The molecule has 144 valence electrons. The highest BCUT2D eigenvalue weighted by atomic mass is 28.4. The van der Waals surface area contributed by atoms with Gasteiger partial charge in [0.05, 0.1) is 0 Å². The van der Waals surface area contributed by atoms with Crippen LogP contribution in [-0.2, 0) is 10.8 Å². The molecule has 1 aromatic rings. The van der Waals surface area contributed by atoms with Gasteiger partial charge in [-0.2, -0.15) is 0 Å². The summed E-state index contributed by atoms with van der Waals surface area (Å²) in [5.74, 6) is -9.24. The fourth-order valence-electron chi connectivity index (χ4n) is 2.71. The first-order chi connectivity index (χ1) is 11.7. The van der Waals surface area contributed by atoms with Crippen LogP contribution in [0.5, 0.6) is 0 Å². The van der Waals surface area contributed by atoms with Crippen molar-refractivity contribution >= 4 is 8.32 Å². The maximum absolute atomic E-state index is 13.5. The van der Waals surface area contributed by atoms with E-state index in [9.17, 15) is 22.0 Å². The summed E-state index contributed by atoms with van der Waals surface area (Å²) < 4.78 is 71.7. The lowest BCUT2D eigenvalue weighted by Gasteiger charge is -2.19. The molecule has 0 aromatic heterocycles. The highest BCUT2D eigenvalue weighted by Gasteiger charge is 2.25. The molecule has 0 atom stereocenters. The van der Waals surface area contributed by atoms with Gasteiger partial charge in [-0.15, -0.1) is 0 Å². The van der Waals surface area contributed by atoms with Gasteiger partial charge < -0.3 is 4.43 Å². The minimum absolute atomic E-state index is 0.139. The summed E-state index contributed by atoms with van der Waals surface area (Å²) in [7, 11) is 0.282. The van der Waals surface area contributed by atoms with Crippen molar-refractivity contribution in [1.82, 2.24) is 0 Å². The molecule has 0 aliphatic heterocycles. The molecule has 0 saturated heterocycles. The highest BCUT2D eigenvalue weighted by Crippen LogP contribution is 2.24. The monoisotopic (exact) mass is 382 g/mol. The minimum atomic E-state index is -2.10. The largest absolute Gasteiger partial charge is 0.420 e. The lowest BCUT2D eigenvalue weighted by molar-refractivity contribution is 0.368. The number of hydrogen-bond acceptors (Lipinski definition) is 1. The first-order valence-corrected chi connectivity index (χ1v) is 11.9. The van der Waals surface area contributed by atoms with E-state index in [0.29, 0.717) is 12.8 Å². The first kappa shape index (κ1) is 22.1. The highest BCUT2D eigenvalue weighted by molar-refractivity contribution is 6.71. The standard InChI is InChI=1S/C18H27F5OSi/c1-24-25(2,3)12-10-8-6-4-5-7-9-11-13-14(19)16(21)18(23)17(22)15(13)20/h4-12H2,1-3H3. The lowest BCUT2D eigenvalue weighted by atomic mass is 10.0. The van der Waals surface area contributed by atoms with Crippen LogP contribution >= 0.6 is 0 Å². The van der Waals surface area contributed by atoms with Gasteiger partial charge in [0, 0.05) is 12.7 Å². The number of unbranched alkanes of at least 4 members (excludes halogenated alkanes) is 6. The fraction of sp³-hybridized carbons (Fsp3) is 0.667. The van der Waals surface area contributed by atoms with Crippen LogP contribution in [0.2, 0.25) is 19.1 Å². The van der Waals surface area contributed by atoms with Gasteiger partial charge >= 0.3 is 0 Å². The van der Waals surface area contributed by atoms with E-state index in [2.05, 4.69) is 13.1 Å². The third-order valence-corrected chi connectivity index (χ3v) is 7.22. The molecule has 0 bridgehead atoms. The second-order valence-corrected chi connectivity index (χ2v) is 11.4. The summed E-state index contributed by atoms with van der Waals surface area (Å²) in [5, 5.41) is 0. The van der Waals surface area contributed by atoms with Crippen LogP contribution in [-0.4, -0.2) is 15.4 Å². The number of halogens is 5. The van der Waals surface area contributed by atoms with Gasteiger partial charge in [-0.25, -0.2) is 22.0 Å². The maximum Gasteiger partial charge on any atom is 0.200 e. The van der Waals surface area contributed by atoms with Crippen molar-refractivity contribution in [3.63, 3.8) is 0 Å². The molecule has 0 saturated carbocycles. The molecule has 0 N–H and O–H groups in total. The SMILES string of the molecule is CO[Si](C)(C)CCCCCCCCCc1c(F)c(F)c(F)c(F)c1F. The number of hydrogen-bond donors (Lipinski definition) is 0. The third-order valence-electron chi connectivity index (χ3n) is 4.56. The molecule has 1 nitrogen and oxygen atoms in total. The zero-order valence-electron chi connectivity index (χ0n) is 15.2. The van der Waals surface area contributed by atoms with Crippen molar-refractivity contribution < 1.29 is 26.4 Å². The van der Waals surface area contributed by atoms with Crippen LogP contribution in [0.4, 0.5) is 22.0 Å². The van der Waals surface area contributed by atoms with Crippen molar-refractivity contribution in [3.05, 3.63) is 34.6 Å². The van der Waals surface area contributed by atoms with Gasteiger partial charge in [-0.05, 0) is 32.0 Å². The van der Waals surface area contributed by atoms with Crippen molar-refractivity contribution in [2.24, 2.45) is 0 Å². The van der Waals surface area contributed by atoms with Crippen molar-refractivity contribution in [3.8, 4) is 0 Å². The van der Waals surface area contributed by atoms with E-state index < -0.39 is 43.0 Å². The molecule has 1 aromatic carbocycles. The second-order valence-electron chi connectivity index (χ2n) is 6.99. The Kier molecular flexibility index (Phi) is 9.06. The average molecular weight is 382 g/mol. The van der Waals surface area contributed by atoms with Crippen molar-refractivity contribution in [2.45, 2.75) is 70.5 Å². The Bertz CT molecular complexity index is 534. The molecular weight excluding hydrogens is 355 g/mol. The Morgan fingerprint density at radius 3 is 1.52 bits per heavy atom. The topological polar surface area (TPSA) is 9.23 Å². The summed E-state index contributed by atoms with van der Waals surface area (Å²) >= 11 is 0. The molecule has 0 fully saturated rings. The molecule has 0 unspecified atom stereocenters. The molecule has 0 amide bonds. The number of benzene rings is 1. The molecule has 0 heterocycles. The molecule has 0 spiro atoms. The number of rotatable bonds is 11. The summed E-state index contributed by atoms with van der Waals surface area (Å²) in [6.45, 7) is 4.37. The maximum atomic E-state index is 13.5. The predicted octanol–water partition coefficient (Wildman–Crippen LogP) is 6.51. The Morgan fingerprint density at radius 1 is 0.640 bits per heavy atom. The molecular formula is C18H27F5OSi. The lowest BCUT2D eigenvalue weighted by Crippen LogP contribution is -2.27. The van der Waals surface area contributed by atoms with Gasteiger partial charge in [-0.1, -0.05) is 38.5 Å². The van der Waals surface area contributed by atoms with E-state index in [4.69, 9.17) is 4.43 Å². The molecule has 0 radical (unpaired) electrons. The van der Waals surface area contributed by atoms with Gasteiger partial charge in [0.25, 0.3) is 0 Å². The fourth-order valence-corrected chi connectivity index (χ4v) is 4.01. The Balaban J connectivity index is 2.25. The smallest absolute Gasteiger partial charge is 0.200 e. The van der Waals surface area contributed by atoms with E-state index in [-0.39, 0.29) is 6.42 Å². The Morgan fingerprint density at radius 2 is 1.04 bits per heavy atom. The average Bonchev–Trinajstić information content (AvgIpc) is 2.59. The van der Waals surface area contributed by atoms with E-state index in [1.165, 1.54) is 0 Å². The summed E-state index contributed by atoms with van der Waals surface area (Å²) in [5.41, 5.74) is -0.705. The molecule has 1 rings (SSSR count). The van der Waals surface area contributed by atoms with Gasteiger partial charge in [0.1, 0.15) is 0 Å². The molecule has 0 aliphatic rings. The van der Waals surface area contributed by atoms with E-state index >= 15 is 0 Å².